The van der Waals surface area contributed by atoms with E-state index in [0.717, 1.165) is 54.9 Å². The molecule has 1 amide bonds. The Bertz CT molecular complexity index is 1720. The van der Waals surface area contributed by atoms with Crippen LogP contribution in [0, 0.1) is 6.92 Å². The number of aromatic nitrogens is 2. The molecule has 3 aromatic carbocycles. The molecule has 2 aliphatic rings. The molecule has 6 rings (SSSR count). The van der Waals surface area contributed by atoms with Crippen molar-refractivity contribution in [3.63, 3.8) is 0 Å². The van der Waals surface area contributed by atoms with Crippen molar-refractivity contribution in [3.8, 4) is 11.3 Å². The normalized spacial score (nSPS) is 15.2. The molecule has 1 aliphatic heterocycles. The highest BCUT2D eigenvalue weighted by Gasteiger charge is 2.18. The third kappa shape index (κ3) is 5.87. The number of amides is 1. The van der Waals surface area contributed by atoms with E-state index in [1.165, 1.54) is 22.1 Å². The fourth-order valence-electron chi connectivity index (χ4n) is 5.72. The summed E-state index contributed by atoms with van der Waals surface area (Å²) in [7, 11) is 0.983. The van der Waals surface area contributed by atoms with E-state index in [-0.39, 0.29) is 17.3 Å². The summed E-state index contributed by atoms with van der Waals surface area (Å²) in [6, 6.07) is 19.6. The van der Waals surface area contributed by atoms with Crippen molar-refractivity contribution in [2.24, 2.45) is 7.05 Å². The molecule has 1 fully saturated rings. The molecule has 8 nitrogen and oxygen atoms in total. The van der Waals surface area contributed by atoms with E-state index in [4.69, 9.17) is 4.98 Å². The Morgan fingerprint density at radius 1 is 0.952 bits per heavy atom. The largest absolute Gasteiger partial charge is 0.370 e. The zero-order valence-corrected chi connectivity index (χ0v) is 24.8. The Kier molecular flexibility index (Phi) is 7.93. The maximum absolute atomic E-state index is 13.2. The molecule has 0 radical (unpaired) electrons. The first-order valence-corrected chi connectivity index (χ1v) is 15.9. The average molecular weight is 582 g/mol. The standard InChI is InChI=1S/C33H35N5O3S/c1-22-28(8-5-9-29(22)36-32(39)25-11-10-23-6-3-4-7-24(23)20-25)30-21-37(2)33(40)31(35-30)34-26-12-14-27(15-13-26)38-16-18-42(41)19-17-38/h5,8-15,20-21H,3-4,6-7,16-19H2,1-2H3,(H,34,35)(H,36,39). The lowest BCUT2D eigenvalue weighted by molar-refractivity contribution is 0.102. The van der Waals surface area contributed by atoms with Gasteiger partial charge in [-0.05, 0) is 91.8 Å². The molecule has 2 N–H and O–H groups in total. The minimum Gasteiger partial charge on any atom is -0.370 e. The van der Waals surface area contributed by atoms with Gasteiger partial charge in [-0.25, -0.2) is 4.98 Å². The highest BCUT2D eigenvalue weighted by molar-refractivity contribution is 7.85. The number of anilines is 4. The third-order valence-electron chi connectivity index (χ3n) is 8.21. The molecule has 0 bridgehead atoms. The second-order valence-electron chi connectivity index (χ2n) is 11.0. The topological polar surface area (TPSA) is 96.3 Å². The summed E-state index contributed by atoms with van der Waals surface area (Å²) in [5.74, 6) is 1.45. The highest BCUT2D eigenvalue weighted by atomic mass is 32.2. The van der Waals surface area contributed by atoms with Crippen LogP contribution in [0.5, 0.6) is 0 Å². The number of carbonyl (C=O) groups is 1. The molecular weight excluding hydrogens is 546 g/mol. The number of hydrogen-bond acceptors (Lipinski definition) is 6. The van der Waals surface area contributed by atoms with Crippen molar-refractivity contribution in [3.05, 3.63) is 99.5 Å². The number of rotatable bonds is 6. The van der Waals surface area contributed by atoms with E-state index in [1.807, 2.05) is 61.5 Å². The first-order valence-electron chi connectivity index (χ1n) is 14.4. The number of carbonyl (C=O) groups excluding carboxylic acids is 1. The van der Waals surface area contributed by atoms with E-state index in [1.54, 1.807) is 13.2 Å². The van der Waals surface area contributed by atoms with Gasteiger partial charge in [0, 0.05) is 76.8 Å². The maximum Gasteiger partial charge on any atom is 0.293 e. The van der Waals surface area contributed by atoms with Crippen LogP contribution in [-0.2, 0) is 30.7 Å². The SMILES string of the molecule is Cc1c(NC(=O)c2ccc3c(c2)CCCC3)cccc1-c1cn(C)c(=O)c(Nc2ccc(N3CCS(=O)CC3)cc2)n1. The van der Waals surface area contributed by atoms with E-state index < -0.39 is 10.8 Å². The Morgan fingerprint density at radius 2 is 1.69 bits per heavy atom. The van der Waals surface area contributed by atoms with Gasteiger partial charge in [0.2, 0.25) is 0 Å². The Morgan fingerprint density at radius 3 is 2.45 bits per heavy atom. The van der Waals surface area contributed by atoms with Crippen LogP contribution in [0.15, 0.2) is 71.7 Å². The van der Waals surface area contributed by atoms with Crippen LogP contribution in [0.4, 0.5) is 22.9 Å². The summed E-state index contributed by atoms with van der Waals surface area (Å²) >= 11 is 0. The predicted octanol–water partition coefficient (Wildman–Crippen LogP) is 5.20. The minimum atomic E-state index is -0.725. The molecule has 1 aliphatic carbocycles. The van der Waals surface area contributed by atoms with Crippen LogP contribution in [0.1, 0.15) is 39.9 Å². The Labute approximate surface area is 248 Å². The minimum absolute atomic E-state index is 0.138. The first kappa shape index (κ1) is 27.9. The monoisotopic (exact) mass is 581 g/mol. The zero-order chi connectivity index (χ0) is 29.2. The van der Waals surface area contributed by atoms with Gasteiger partial charge < -0.3 is 20.1 Å². The van der Waals surface area contributed by atoms with Crippen LogP contribution in [0.2, 0.25) is 0 Å². The fraction of sp³-hybridized carbons (Fsp3) is 0.303. The van der Waals surface area contributed by atoms with Crippen molar-refractivity contribution < 1.29 is 9.00 Å². The zero-order valence-electron chi connectivity index (χ0n) is 24.0. The van der Waals surface area contributed by atoms with Crippen molar-refractivity contribution >= 4 is 39.6 Å². The van der Waals surface area contributed by atoms with Gasteiger partial charge >= 0.3 is 0 Å². The van der Waals surface area contributed by atoms with Crippen LogP contribution in [0.25, 0.3) is 11.3 Å². The van der Waals surface area contributed by atoms with Gasteiger partial charge in [-0.3, -0.25) is 13.8 Å². The van der Waals surface area contributed by atoms with Crippen molar-refractivity contribution in [1.29, 1.82) is 0 Å². The second kappa shape index (κ2) is 11.9. The number of nitrogens with zero attached hydrogens (tertiary/aromatic N) is 3. The summed E-state index contributed by atoms with van der Waals surface area (Å²) in [6.07, 6.45) is 6.18. The molecule has 216 valence electrons. The van der Waals surface area contributed by atoms with E-state index in [9.17, 15) is 13.8 Å². The molecule has 4 aromatic rings. The van der Waals surface area contributed by atoms with Crippen LogP contribution >= 0.6 is 0 Å². The van der Waals surface area contributed by atoms with E-state index in [2.05, 4.69) is 21.6 Å². The average Bonchev–Trinajstić information content (AvgIpc) is 3.01. The number of hydrogen-bond donors (Lipinski definition) is 2. The van der Waals surface area contributed by atoms with Gasteiger partial charge in [-0.15, -0.1) is 0 Å². The molecule has 0 spiro atoms. The van der Waals surface area contributed by atoms with E-state index in [0.29, 0.717) is 28.5 Å². The van der Waals surface area contributed by atoms with Crippen molar-refractivity contribution in [1.82, 2.24) is 9.55 Å². The predicted molar refractivity (Wildman–Crippen MR) is 171 cm³/mol. The molecule has 0 unspecified atom stereocenters. The quantitative estimate of drug-likeness (QED) is 0.325. The van der Waals surface area contributed by atoms with Crippen LogP contribution < -0.4 is 21.1 Å². The number of benzene rings is 3. The molecular formula is C33H35N5O3S. The number of nitrogens with one attached hydrogen (secondary N) is 2. The van der Waals surface area contributed by atoms with Gasteiger partial charge in [0.25, 0.3) is 11.5 Å². The lowest BCUT2D eigenvalue weighted by Crippen LogP contribution is -2.37. The summed E-state index contributed by atoms with van der Waals surface area (Å²) in [5, 5.41) is 6.28. The molecule has 0 atom stereocenters. The van der Waals surface area contributed by atoms with Crippen molar-refractivity contribution in [2.75, 3.05) is 40.1 Å². The van der Waals surface area contributed by atoms with Crippen LogP contribution in [-0.4, -0.2) is 44.3 Å². The highest BCUT2D eigenvalue weighted by Crippen LogP contribution is 2.29. The molecule has 9 heteroatoms. The molecule has 42 heavy (non-hydrogen) atoms. The summed E-state index contributed by atoms with van der Waals surface area (Å²) in [5.41, 5.74) is 7.88. The van der Waals surface area contributed by atoms with Gasteiger partial charge in [0.15, 0.2) is 5.82 Å². The third-order valence-corrected chi connectivity index (χ3v) is 9.49. The molecule has 2 heterocycles. The summed E-state index contributed by atoms with van der Waals surface area (Å²) in [4.78, 5) is 33.1. The molecule has 1 saturated heterocycles. The van der Waals surface area contributed by atoms with E-state index >= 15 is 0 Å². The van der Waals surface area contributed by atoms with Crippen molar-refractivity contribution in [2.45, 2.75) is 32.6 Å². The summed E-state index contributed by atoms with van der Waals surface area (Å²) < 4.78 is 13.2. The van der Waals surface area contributed by atoms with Gasteiger partial charge in [0.05, 0.1) is 5.69 Å². The fourth-order valence-corrected chi connectivity index (χ4v) is 6.78. The number of fused-ring (bicyclic) bond motifs is 1. The lowest BCUT2D eigenvalue weighted by atomic mass is 9.90. The van der Waals surface area contributed by atoms with Gasteiger partial charge in [-0.2, -0.15) is 0 Å². The smallest absolute Gasteiger partial charge is 0.293 e. The first-order chi connectivity index (χ1) is 20.4. The Hall–Kier alpha value is -4.24. The molecule has 1 aromatic heterocycles. The van der Waals surface area contributed by atoms with Crippen LogP contribution in [0.3, 0.4) is 0 Å². The van der Waals surface area contributed by atoms with Gasteiger partial charge in [0.1, 0.15) is 0 Å². The molecule has 0 saturated carbocycles. The number of aryl methyl sites for hydroxylation is 3. The second-order valence-corrected chi connectivity index (χ2v) is 12.7. The maximum atomic E-state index is 13.2. The lowest BCUT2D eigenvalue weighted by Gasteiger charge is -2.28. The van der Waals surface area contributed by atoms with Gasteiger partial charge in [-0.1, -0.05) is 18.2 Å². The summed E-state index contributed by atoms with van der Waals surface area (Å²) in [6.45, 7) is 3.50. The Balaban J connectivity index is 1.22.